The quantitative estimate of drug-likeness (QED) is 0.318. The number of nitrogens with one attached hydrogen (secondary N) is 2. The SMILES string of the molecule is Clc1ccc(/C=N\Nc2nc(SCc3ccc(Cl)c(Cl)c3)n[nH]2)cc1. The largest absolute Gasteiger partial charge is 0.246 e. The number of hydrogen-bond acceptors (Lipinski definition) is 5. The number of hydrazone groups is 1. The van der Waals surface area contributed by atoms with Crippen molar-refractivity contribution in [1.29, 1.82) is 0 Å². The zero-order chi connectivity index (χ0) is 17.6. The second-order valence-electron chi connectivity index (χ2n) is 4.93. The summed E-state index contributed by atoms with van der Waals surface area (Å²) >= 11 is 19.2. The molecule has 0 atom stereocenters. The Morgan fingerprint density at radius 1 is 1.08 bits per heavy atom. The number of aromatic nitrogens is 3. The van der Waals surface area contributed by atoms with Gasteiger partial charge in [-0.05, 0) is 35.4 Å². The molecule has 0 bridgehead atoms. The predicted molar refractivity (Wildman–Crippen MR) is 105 cm³/mol. The third-order valence-electron chi connectivity index (χ3n) is 3.07. The van der Waals surface area contributed by atoms with Gasteiger partial charge in [0.2, 0.25) is 11.1 Å². The average Bonchev–Trinajstić information content (AvgIpc) is 3.06. The van der Waals surface area contributed by atoms with Crippen molar-refractivity contribution in [3.8, 4) is 0 Å². The van der Waals surface area contributed by atoms with Gasteiger partial charge in [-0.25, -0.2) is 10.5 Å². The highest BCUT2D eigenvalue weighted by Gasteiger charge is 2.05. The first-order chi connectivity index (χ1) is 12.1. The molecule has 3 aromatic rings. The van der Waals surface area contributed by atoms with Crippen LogP contribution in [-0.2, 0) is 5.75 Å². The highest BCUT2D eigenvalue weighted by Crippen LogP contribution is 2.26. The van der Waals surface area contributed by atoms with Crippen LogP contribution < -0.4 is 5.43 Å². The van der Waals surface area contributed by atoms with Gasteiger partial charge in [0, 0.05) is 10.8 Å². The van der Waals surface area contributed by atoms with Crippen LogP contribution in [0.2, 0.25) is 15.1 Å². The Kier molecular flexibility index (Phi) is 6.20. The van der Waals surface area contributed by atoms with Gasteiger partial charge in [-0.15, -0.1) is 5.10 Å². The molecule has 0 aliphatic carbocycles. The van der Waals surface area contributed by atoms with Crippen molar-refractivity contribution in [3.05, 3.63) is 68.7 Å². The van der Waals surface area contributed by atoms with Gasteiger partial charge in [0.05, 0.1) is 16.3 Å². The number of rotatable bonds is 6. The van der Waals surface area contributed by atoms with E-state index in [2.05, 4.69) is 25.7 Å². The Morgan fingerprint density at radius 3 is 2.64 bits per heavy atom. The molecule has 0 aliphatic heterocycles. The predicted octanol–water partition coefficient (Wildman–Crippen LogP) is 5.50. The molecule has 0 radical (unpaired) electrons. The number of thioether (sulfide) groups is 1. The molecule has 3 rings (SSSR count). The zero-order valence-corrected chi connectivity index (χ0v) is 15.8. The topological polar surface area (TPSA) is 66.0 Å². The Labute approximate surface area is 163 Å². The maximum absolute atomic E-state index is 6.00. The molecule has 9 heteroatoms. The maximum Gasteiger partial charge on any atom is 0.240 e. The van der Waals surface area contributed by atoms with Gasteiger partial charge in [-0.2, -0.15) is 10.1 Å². The van der Waals surface area contributed by atoms with Crippen LogP contribution in [0.4, 0.5) is 5.95 Å². The Bertz CT molecular complexity index is 880. The number of benzene rings is 2. The molecule has 0 aliphatic rings. The van der Waals surface area contributed by atoms with Crippen molar-refractivity contribution in [2.24, 2.45) is 5.10 Å². The molecule has 25 heavy (non-hydrogen) atoms. The van der Waals surface area contributed by atoms with E-state index < -0.39 is 0 Å². The van der Waals surface area contributed by atoms with Crippen molar-refractivity contribution in [2.45, 2.75) is 10.9 Å². The number of aromatic amines is 1. The summed E-state index contributed by atoms with van der Waals surface area (Å²) < 4.78 is 0. The fraction of sp³-hybridized carbons (Fsp3) is 0.0625. The van der Waals surface area contributed by atoms with E-state index in [0.29, 0.717) is 31.9 Å². The number of nitrogens with zero attached hydrogens (tertiary/aromatic N) is 3. The highest BCUT2D eigenvalue weighted by molar-refractivity contribution is 7.98. The minimum Gasteiger partial charge on any atom is -0.246 e. The molecule has 0 fully saturated rings. The monoisotopic (exact) mass is 411 g/mol. The first-order valence-electron chi connectivity index (χ1n) is 7.14. The third-order valence-corrected chi connectivity index (χ3v) is 4.98. The van der Waals surface area contributed by atoms with E-state index in [1.807, 2.05) is 24.3 Å². The zero-order valence-electron chi connectivity index (χ0n) is 12.7. The van der Waals surface area contributed by atoms with Gasteiger partial charge in [0.1, 0.15) is 0 Å². The van der Waals surface area contributed by atoms with Gasteiger partial charge in [-0.1, -0.05) is 64.8 Å². The Morgan fingerprint density at radius 2 is 1.88 bits per heavy atom. The lowest BCUT2D eigenvalue weighted by atomic mass is 10.2. The van der Waals surface area contributed by atoms with E-state index >= 15 is 0 Å². The first-order valence-corrected chi connectivity index (χ1v) is 9.26. The standard InChI is InChI=1S/C16H12Cl3N5S/c17-12-4-1-10(2-5-12)8-20-22-15-21-16(24-23-15)25-9-11-3-6-13(18)14(19)7-11/h1-8H,9H2,(H2,21,22,23,24)/b20-8-. The molecule has 2 aromatic carbocycles. The molecule has 0 saturated heterocycles. The summed E-state index contributed by atoms with van der Waals surface area (Å²) in [6, 6.07) is 12.9. The van der Waals surface area contributed by atoms with Crippen LogP contribution >= 0.6 is 46.6 Å². The molecule has 1 heterocycles. The lowest BCUT2D eigenvalue weighted by Gasteiger charge is -2.00. The molecule has 0 spiro atoms. The minimum absolute atomic E-state index is 0.460. The smallest absolute Gasteiger partial charge is 0.240 e. The van der Waals surface area contributed by atoms with E-state index in [1.165, 1.54) is 11.8 Å². The normalized spacial score (nSPS) is 11.2. The van der Waals surface area contributed by atoms with Crippen molar-refractivity contribution in [2.75, 3.05) is 5.43 Å². The lowest BCUT2D eigenvalue weighted by molar-refractivity contribution is 0.972. The Balaban J connectivity index is 1.53. The van der Waals surface area contributed by atoms with Crippen molar-refractivity contribution in [1.82, 2.24) is 15.2 Å². The minimum atomic E-state index is 0.460. The summed E-state index contributed by atoms with van der Waals surface area (Å²) in [6.07, 6.45) is 1.67. The molecule has 1 aromatic heterocycles. The molecule has 0 unspecified atom stereocenters. The molecular formula is C16H12Cl3N5S. The van der Waals surface area contributed by atoms with Crippen LogP contribution in [0.5, 0.6) is 0 Å². The third kappa shape index (κ3) is 5.37. The summed E-state index contributed by atoms with van der Waals surface area (Å²) in [4.78, 5) is 4.30. The van der Waals surface area contributed by atoms with Crippen LogP contribution in [0, 0.1) is 0 Å². The van der Waals surface area contributed by atoms with E-state index in [1.54, 1.807) is 24.4 Å². The summed E-state index contributed by atoms with van der Waals surface area (Å²) in [7, 11) is 0. The number of H-pyrrole nitrogens is 1. The van der Waals surface area contributed by atoms with Gasteiger partial charge in [0.15, 0.2) is 0 Å². The van der Waals surface area contributed by atoms with Crippen molar-refractivity contribution in [3.63, 3.8) is 0 Å². The second-order valence-corrected chi connectivity index (χ2v) is 7.12. The fourth-order valence-corrected chi connectivity index (χ4v) is 3.04. The van der Waals surface area contributed by atoms with E-state index in [9.17, 15) is 0 Å². The number of halogens is 3. The summed E-state index contributed by atoms with van der Waals surface area (Å²) in [5.74, 6) is 1.14. The molecular weight excluding hydrogens is 401 g/mol. The summed E-state index contributed by atoms with van der Waals surface area (Å²) in [5.41, 5.74) is 4.76. The van der Waals surface area contributed by atoms with Crippen molar-refractivity contribution >= 4 is 58.7 Å². The van der Waals surface area contributed by atoms with Gasteiger partial charge >= 0.3 is 0 Å². The second kappa shape index (κ2) is 8.58. The van der Waals surface area contributed by atoms with Crippen molar-refractivity contribution < 1.29 is 0 Å². The van der Waals surface area contributed by atoms with E-state index in [0.717, 1.165) is 11.1 Å². The number of hydrogen-bond donors (Lipinski definition) is 2. The van der Waals surface area contributed by atoms with Crippen LogP contribution in [0.15, 0.2) is 52.7 Å². The van der Waals surface area contributed by atoms with Crippen LogP contribution in [-0.4, -0.2) is 21.4 Å². The molecule has 128 valence electrons. The van der Waals surface area contributed by atoms with Gasteiger partial charge < -0.3 is 0 Å². The van der Waals surface area contributed by atoms with Crippen LogP contribution in [0.3, 0.4) is 0 Å². The van der Waals surface area contributed by atoms with Gasteiger partial charge in [0.25, 0.3) is 0 Å². The summed E-state index contributed by atoms with van der Waals surface area (Å²) in [5, 5.41) is 13.4. The molecule has 2 N–H and O–H groups in total. The first kappa shape index (κ1) is 18.1. The van der Waals surface area contributed by atoms with E-state index in [-0.39, 0.29) is 0 Å². The highest BCUT2D eigenvalue weighted by atomic mass is 35.5. The average molecular weight is 413 g/mol. The van der Waals surface area contributed by atoms with Crippen LogP contribution in [0.25, 0.3) is 0 Å². The summed E-state index contributed by atoms with van der Waals surface area (Å²) in [6.45, 7) is 0. The molecule has 0 saturated carbocycles. The van der Waals surface area contributed by atoms with Gasteiger partial charge in [-0.3, -0.25) is 0 Å². The number of anilines is 1. The fourth-order valence-electron chi connectivity index (χ4n) is 1.86. The maximum atomic E-state index is 6.00. The molecule has 0 amide bonds. The lowest BCUT2D eigenvalue weighted by Crippen LogP contribution is -1.92. The van der Waals surface area contributed by atoms with E-state index in [4.69, 9.17) is 34.8 Å². The van der Waals surface area contributed by atoms with Crippen LogP contribution in [0.1, 0.15) is 11.1 Å². The molecule has 5 nitrogen and oxygen atoms in total. The Hall–Kier alpha value is -1.73.